The summed E-state index contributed by atoms with van der Waals surface area (Å²) in [5.41, 5.74) is 4.87. The van der Waals surface area contributed by atoms with E-state index in [1.807, 2.05) is 0 Å². The maximum absolute atomic E-state index is 12.5. The van der Waals surface area contributed by atoms with Crippen LogP contribution >= 0.6 is 0 Å². The Balaban J connectivity index is 2.88. The van der Waals surface area contributed by atoms with Crippen molar-refractivity contribution in [2.75, 3.05) is 11.1 Å². The normalized spacial score (nSPS) is 15.2. The van der Waals surface area contributed by atoms with Crippen LogP contribution in [-0.4, -0.2) is 22.2 Å². The molecule has 0 amide bonds. The molecule has 0 aliphatic rings. The number of nitrogen functional groups attached to an aromatic ring is 1. The number of pyridine rings is 1. The highest BCUT2D eigenvalue weighted by molar-refractivity contribution is 5.65. The van der Waals surface area contributed by atoms with Crippen LogP contribution in [-0.2, 0) is 6.18 Å². The summed E-state index contributed by atoms with van der Waals surface area (Å²) in [5.74, 6) is 0. The van der Waals surface area contributed by atoms with Crippen LogP contribution in [0.3, 0.4) is 0 Å². The van der Waals surface area contributed by atoms with Gasteiger partial charge in [0.1, 0.15) is 5.69 Å². The molecule has 0 spiro atoms. The van der Waals surface area contributed by atoms with Crippen LogP contribution < -0.4 is 11.1 Å². The lowest BCUT2D eigenvalue weighted by Crippen LogP contribution is -2.22. The van der Waals surface area contributed by atoms with Gasteiger partial charge < -0.3 is 16.2 Å². The molecule has 2 unspecified atom stereocenters. The average molecular weight is 263 g/mol. The molecule has 0 bridgehead atoms. The number of aliphatic hydroxyl groups is 1. The Morgan fingerprint density at radius 1 is 1.44 bits per heavy atom. The number of aliphatic hydroxyl groups excluding tert-OH is 1. The number of rotatable bonds is 4. The Kier molecular flexibility index (Phi) is 4.39. The Labute approximate surface area is 103 Å². The van der Waals surface area contributed by atoms with Crippen molar-refractivity contribution in [2.24, 2.45) is 0 Å². The molecule has 1 rings (SSSR count). The van der Waals surface area contributed by atoms with Crippen LogP contribution in [0.1, 0.15) is 26.0 Å². The summed E-state index contributed by atoms with van der Waals surface area (Å²) >= 11 is 0. The first kappa shape index (κ1) is 14.6. The Bertz CT molecular complexity index is 407. The van der Waals surface area contributed by atoms with Gasteiger partial charge in [0.25, 0.3) is 0 Å². The fourth-order valence-corrected chi connectivity index (χ4v) is 1.58. The molecule has 102 valence electrons. The van der Waals surface area contributed by atoms with Gasteiger partial charge in [-0.15, -0.1) is 0 Å². The van der Waals surface area contributed by atoms with Crippen LogP contribution in [0.2, 0.25) is 0 Å². The van der Waals surface area contributed by atoms with Gasteiger partial charge in [0, 0.05) is 6.04 Å². The molecule has 1 aromatic heterocycles. The number of nitrogens with two attached hydrogens (primary N) is 1. The van der Waals surface area contributed by atoms with E-state index in [0.29, 0.717) is 6.42 Å². The van der Waals surface area contributed by atoms with Crippen molar-refractivity contribution >= 4 is 11.4 Å². The van der Waals surface area contributed by atoms with Gasteiger partial charge in [0.15, 0.2) is 0 Å². The molecule has 18 heavy (non-hydrogen) atoms. The summed E-state index contributed by atoms with van der Waals surface area (Å²) in [4.78, 5) is 3.24. The first-order valence-electron chi connectivity index (χ1n) is 5.47. The van der Waals surface area contributed by atoms with Crippen LogP contribution in [0.25, 0.3) is 0 Å². The highest BCUT2D eigenvalue weighted by Gasteiger charge is 2.33. The second kappa shape index (κ2) is 5.43. The highest BCUT2D eigenvalue weighted by Crippen LogP contribution is 2.31. The molecule has 0 aliphatic carbocycles. The van der Waals surface area contributed by atoms with Crippen molar-refractivity contribution in [1.29, 1.82) is 0 Å². The molecule has 0 saturated heterocycles. The molecule has 0 radical (unpaired) electrons. The van der Waals surface area contributed by atoms with E-state index in [2.05, 4.69) is 10.3 Å². The summed E-state index contributed by atoms with van der Waals surface area (Å²) < 4.78 is 37.4. The monoisotopic (exact) mass is 263 g/mol. The quantitative estimate of drug-likeness (QED) is 0.779. The third-order valence-electron chi connectivity index (χ3n) is 2.32. The zero-order valence-electron chi connectivity index (χ0n) is 10.1. The number of aromatic nitrogens is 1. The van der Waals surface area contributed by atoms with Crippen molar-refractivity contribution in [1.82, 2.24) is 4.98 Å². The first-order chi connectivity index (χ1) is 8.20. The van der Waals surface area contributed by atoms with Crippen LogP contribution in [0.4, 0.5) is 24.5 Å². The third kappa shape index (κ3) is 4.06. The lowest BCUT2D eigenvalue weighted by atomic mass is 10.1. The molecule has 0 saturated carbocycles. The van der Waals surface area contributed by atoms with E-state index in [1.54, 1.807) is 13.8 Å². The second-order valence-corrected chi connectivity index (χ2v) is 4.28. The minimum atomic E-state index is -4.50. The minimum absolute atomic E-state index is 0.139. The lowest BCUT2D eigenvalue weighted by molar-refractivity contribution is -0.141. The maximum Gasteiger partial charge on any atom is 0.433 e. The van der Waals surface area contributed by atoms with E-state index >= 15 is 0 Å². The topological polar surface area (TPSA) is 71.2 Å². The highest BCUT2D eigenvalue weighted by atomic mass is 19.4. The van der Waals surface area contributed by atoms with E-state index in [1.165, 1.54) is 0 Å². The van der Waals surface area contributed by atoms with E-state index in [-0.39, 0.29) is 17.4 Å². The van der Waals surface area contributed by atoms with E-state index in [4.69, 9.17) is 5.73 Å². The zero-order valence-corrected chi connectivity index (χ0v) is 10.1. The summed E-state index contributed by atoms with van der Waals surface area (Å²) in [7, 11) is 0. The summed E-state index contributed by atoms with van der Waals surface area (Å²) in [5, 5.41) is 12.0. The molecule has 1 heterocycles. The van der Waals surface area contributed by atoms with Gasteiger partial charge in [-0.2, -0.15) is 13.2 Å². The average Bonchev–Trinajstić information content (AvgIpc) is 2.18. The van der Waals surface area contributed by atoms with Crippen LogP contribution in [0, 0.1) is 0 Å². The molecule has 7 heteroatoms. The van der Waals surface area contributed by atoms with E-state index in [0.717, 1.165) is 12.3 Å². The second-order valence-electron chi connectivity index (χ2n) is 4.28. The largest absolute Gasteiger partial charge is 0.433 e. The molecule has 2 atom stereocenters. The number of hydrogen-bond donors (Lipinski definition) is 3. The number of nitrogens with one attached hydrogen (secondary N) is 1. The molecule has 0 aromatic carbocycles. The molecule has 0 fully saturated rings. The smallest absolute Gasteiger partial charge is 0.396 e. The van der Waals surface area contributed by atoms with Crippen LogP contribution in [0.15, 0.2) is 12.3 Å². The molecule has 0 aliphatic heterocycles. The number of anilines is 2. The Morgan fingerprint density at radius 2 is 2.06 bits per heavy atom. The third-order valence-corrected chi connectivity index (χ3v) is 2.32. The van der Waals surface area contributed by atoms with Gasteiger partial charge in [0.05, 0.1) is 23.7 Å². The first-order valence-corrected chi connectivity index (χ1v) is 5.47. The SMILES string of the molecule is CC(O)CC(C)Nc1cc(C(F)(F)F)ncc1N. The van der Waals surface area contributed by atoms with Crippen molar-refractivity contribution in [3.63, 3.8) is 0 Å². The van der Waals surface area contributed by atoms with Crippen LogP contribution in [0.5, 0.6) is 0 Å². The minimum Gasteiger partial charge on any atom is -0.396 e. The standard InChI is InChI=1S/C11H16F3N3O/c1-6(3-7(2)18)17-9-4-10(11(12,13)14)16-5-8(9)15/h4-7,18H,3,15H2,1-2H3,(H,16,17). The van der Waals surface area contributed by atoms with Gasteiger partial charge in [-0.05, 0) is 26.3 Å². The summed E-state index contributed by atoms with van der Waals surface area (Å²) in [6.45, 7) is 3.36. The van der Waals surface area contributed by atoms with Crippen molar-refractivity contribution in [3.8, 4) is 0 Å². The Hall–Kier alpha value is -1.50. The van der Waals surface area contributed by atoms with Crippen molar-refractivity contribution in [2.45, 2.75) is 38.6 Å². The number of nitrogens with zero attached hydrogens (tertiary/aromatic N) is 1. The number of halogens is 3. The van der Waals surface area contributed by atoms with Gasteiger partial charge in [-0.3, -0.25) is 0 Å². The maximum atomic E-state index is 12.5. The van der Waals surface area contributed by atoms with Gasteiger partial charge in [0.2, 0.25) is 0 Å². The predicted octanol–water partition coefficient (Wildman–Crippen LogP) is 2.25. The Morgan fingerprint density at radius 3 is 2.56 bits per heavy atom. The van der Waals surface area contributed by atoms with Crippen molar-refractivity contribution in [3.05, 3.63) is 18.0 Å². The van der Waals surface area contributed by atoms with Gasteiger partial charge in [-0.1, -0.05) is 0 Å². The molecular weight excluding hydrogens is 247 g/mol. The molecule has 4 nitrogen and oxygen atoms in total. The van der Waals surface area contributed by atoms with Gasteiger partial charge in [-0.25, -0.2) is 4.98 Å². The summed E-state index contributed by atoms with van der Waals surface area (Å²) in [6.07, 6.45) is -3.67. The van der Waals surface area contributed by atoms with Gasteiger partial charge >= 0.3 is 6.18 Å². The van der Waals surface area contributed by atoms with Crippen molar-refractivity contribution < 1.29 is 18.3 Å². The molecule has 1 aromatic rings. The fourth-order valence-electron chi connectivity index (χ4n) is 1.58. The zero-order chi connectivity index (χ0) is 13.9. The predicted molar refractivity (Wildman–Crippen MR) is 63.0 cm³/mol. The number of hydrogen-bond acceptors (Lipinski definition) is 4. The van der Waals surface area contributed by atoms with E-state index < -0.39 is 18.0 Å². The lowest BCUT2D eigenvalue weighted by Gasteiger charge is -2.18. The molecular formula is C11H16F3N3O. The number of alkyl halides is 3. The van der Waals surface area contributed by atoms with E-state index in [9.17, 15) is 18.3 Å². The fraction of sp³-hybridized carbons (Fsp3) is 0.545. The summed E-state index contributed by atoms with van der Waals surface area (Å²) in [6, 6.07) is 0.671. The molecule has 4 N–H and O–H groups in total.